The van der Waals surface area contributed by atoms with Crippen LogP contribution in [0.15, 0.2) is 73.6 Å². The predicted molar refractivity (Wildman–Crippen MR) is 156 cm³/mol. The number of pyridine rings is 1. The molecule has 7 rings (SSSR count). The molecule has 0 bridgehead atoms. The van der Waals surface area contributed by atoms with E-state index in [1.54, 1.807) is 16.9 Å². The molecule has 4 aromatic heterocycles. The normalized spacial score (nSPS) is 16.4. The summed E-state index contributed by atoms with van der Waals surface area (Å²) >= 11 is 0. The van der Waals surface area contributed by atoms with E-state index in [2.05, 4.69) is 36.4 Å². The van der Waals surface area contributed by atoms with Crippen LogP contribution in [0, 0.1) is 6.92 Å². The highest BCUT2D eigenvalue weighted by Crippen LogP contribution is 2.35. The first kappa shape index (κ1) is 26.1. The highest BCUT2D eigenvalue weighted by Gasteiger charge is 2.33. The minimum atomic E-state index is 0.0526. The number of aromatic nitrogens is 6. The van der Waals surface area contributed by atoms with Gasteiger partial charge in [-0.05, 0) is 48.4 Å². The first-order valence-corrected chi connectivity index (χ1v) is 14.0. The quantitative estimate of drug-likeness (QED) is 0.283. The van der Waals surface area contributed by atoms with E-state index < -0.39 is 0 Å². The van der Waals surface area contributed by atoms with Crippen LogP contribution in [-0.2, 0) is 9.53 Å². The largest absolute Gasteiger partial charge is 0.457 e. The number of hydrogen-bond acceptors (Lipinski definition) is 9. The summed E-state index contributed by atoms with van der Waals surface area (Å²) in [6, 6.07) is 11.7. The Balaban J connectivity index is 1.02. The van der Waals surface area contributed by atoms with Crippen molar-refractivity contribution in [3.63, 3.8) is 0 Å². The predicted octanol–water partition coefficient (Wildman–Crippen LogP) is 3.43. The van der Waals surface area contributed by atoms with E-state index in [9.17, 15) is 4.79 Å². The molecular weight excluding hydrogens is 534 g/mol. The average molecular weight is 566 g/mol. The number of likely N-dealkylation sites (tertiary alicyclic amines) is 1. The molecule has 12 nitrogen and oxygen atoms in total. The van der Waals surface area contributed by atoms with Crippen molar-refractivity contribution in [2.75, 3.05) is 51.3 Å². The Morgan fingerprint density at radius 1 is 1.05 bits per heavy atom. The summed E-state index contributed by atoms with van der Waals surface area (Å²) in [6.07, 6.45) is 10.5. The van der Waals surface area contributed by atoms with E-state index in [-0.39, 0.29) is 11.8 Å². The fourth-order valence-electron chi connectivity index (χ4n) is 5.41. The number of anilines is 2. The number of hydrogen-bond donors (Lipinski definition) is 1. The number of nitrogens with zero attached hydrogens (tertiary/aromatic N) is 8. The lowest BCUT2D eigenvalue weighted by Crippen LogP contribution is -2.47. The molecule has 12 heteroatoms. The molecule has 2 aliphatic rings. The number of carbonyl (C=O) groups is 1. The zero-order chi connectivity index (χ0) is 28.5. The van der Waals surface area contributed by atoms with Gasteiger partial charge in [-0.15, -0.1) is 0 Å². The second-order valence-corrected chi connectivity index (χ2v) is 10.6. The molecule has 2 saturated heterocycles. The molecular formula is C30H31N9O3. The van der Waals surface area contributed by atoms with Crippen LogP contribution >= 0.6 is 0 Å². The molecule has 0 unspecified atom stereocenters. The van der Waals surface area contributed by atoms with Crippen LogP contribution in [-0.4, -0.2) is 90.8 Å². The number of morpholine rings is 1. The van der Waals surface area contributed by atoms with Crippen LogP contribution < -0.4 is 10.1 Å². The zero-order valence-corrected chi connectivity index (χ0v) is 23.3. The van der Waals surface area contributed by atoms with Gasteiger partial charge in [-0.25, -0.2) is 19.0 Å². The Bertz CT molecular complexity index is 1770. The summed E-state index contributed by atoms with van der Waals surface area (Å²) in [5, 5.41) is 12.0. The van der Waals surface area contributed by atoms with Gasteiger partial charge in [0.25, 0.3) is 0 Å². The fraction of sp³-hybridized carbons (Fsp3) is 0.300. The van der Waals surface area contributed by atoms with E-state index >= 15 is 0 Å². The SMILES string of the molecule is Cc1cc(Nc2ncnn3ccc(C4CN(C(=O)/C=C/CN5CCOCC5)C4)c23)ccc1Oc1ccn2ncnc2c1. The van der Waals surface area contributed by atoms with Crippen molar-refractivity contribution < 1.29 is 14.3 Å². The monoisotopic (exact) mass is 565 g/mol. The van der Waals surface area contributed by atoms with Crippen molar-refractivity contribution in [2.24, 2.45) is 0 Å². The van der Waals surface area contributed by atoms with E-state index in [0.717, 1.165) is 66.6 Å². The number of benzene rings is 1. The summed E-state index contributed by atoms with van der Waals surface area (Å²) in [5.74, 6) is 2.43. The molecule has 42 heavy (non-hydrogen) atoms. The average Bonchev–Trinajstić information content (AvgIpc) is 3.62. The van der Waals surface area contributed by atoms with Gasteiger partial charge in [0.1, 0.15) is 29.7 Å². The van der Waals surface area contributed by atoms with Gasteiger partial charge in [0.2, 0.25) is 5.91 Å². The Morgan fingerprint density at radius 3 is 2.71 bits per heavy atom. The molecule has 1 amide bonds. The number of amides is 1. The third-order valence-electron chi connectivity index (χ3n) is 7.76. The molecule has 2 fully saturated rings. The number of fused-ring (bicyclic) bond motifs is 2. The first-order chi connectivity index (χ1) is 20.6. The Hall–Kier alpha value is -4.81. The smallest absolute Gasteiger partial charge is 0.246 e. The molecule has 5 aromatic rings. The minimum Gasteiger partial charge on any atom is -0.457 e. The number of ether oxygens (including phenoxy) is 2. The third-order valence-corrected chi connectivity index (χ3v) is 7.76. The maximum absolute atomic E-state index is 12.7. The van der Waals surface area contributed by atoms with Gasteiger partial charge in [-0.3, -0.25) is 9.69 Å². The molecule has 0 aliphatic carbocycles. The van der Waals surface area contributed by atoms with Crippen molar-refractivity contribution >= 4 is 28.6 Å². The Labute approximate surface area is 242 Å². The van der Waals surface area contributed by atoms with Crippen molar-refractivity contribution in [3.8, 4) is 11.5 Å². The number of rotatable bonds is 8. The lowest BCUT2D eigenvalue weighted by molar-refractivity contribution is -0.130. The summed E-state index contributed by atoms with van der Waals surface area (Å²) in [5.41, 5.74) is 4.61. The summed E-state index contributed by atoms with van der Waals surface area (Å²) in [4.78, 5) is 25.7. The van der Waals surface area contributed by atoms with E-state index in [1.165, 1.54) is 6.33 Å². The van der Waals surface area contributed by atoms with Crippen LogP contribution in [0.4, 0.5) is 11.5 Å². The second-order valence-electron chi connectivity index (χ2n) is 10.6. The molecule has 2 aliphatic heterocycles. The molecule has 0 atom stereocenters. The van der Waals surface area contributed by atoms with E-state index in [1.807, 2.05) is 65.1 Å². The summed E-state index contributed by atoms with van der Waals surface area (Å²) in [7, 11) is 0. The molecule has 214 valence electrons. The van der Waals surface area contributed by atoms with Gasteiger partial charge in [-0.2, -0.15) is 10.2 Å². The lowest BCUT2D eigenvalue weighted by Gasteiger charge is -2.38. The Kier molecular flexibility index (Phi) is 6.98. The second kappa shape index (κ2) is 11.2. The Morgan fingerprint density at radius 2 is 1.86 bits per heavy atom. The van der Waals surface area contributed by atoms with Crippen LogP contribution in [0.5, 0.6) is 11.5 Å². The molecule has 1 aromatic carbocycles. The van der Waals surface area contributed by atoms with Gasteiger partial charge in [0.05, 0.1) is 13.2 Å². The standard InChI is InChI=1S/C30H31N9O3/c1-21-15-23(4-5-26(21)42-24-6-9-38-27(16-24)31-19-33-38)35-30-29-25(7-10-39(29)34-20-32-30)22-17-37(18-22)28(40)3-2-8-36-11-13-41-14-12-36/h2-7,9-10,15-16,19-20,22H,8,11-14,17-18H2,1H3,(H,32,34,35)/b3-2+. The van der Waals surface area contributed by atoms with Crippen molar-refractivity contribution in [1.29, 1.82) is 0 Å². The molecule has 0 radical (unpaired) electrons. The van der Waals surface area contributed by atoms with Crippen LogP contribution in [0.1, 0.15) is 17.0 Å². The highest BCUT2D eigenvalue weighted by atomic mass is 16.5. The maximum Gasteiger partial charge on any atom is 0.246 e. The fourth-order valence-corrected chi connectivity index (χ4v) is 5.41. The molecule has 0 saturated carbocycles. The zero-order valence-electron chi connectivity index (χ0n) is 23.3. The topological polar surface area (TPSA) is 114 Å². The van der Waals surface area contributed by atoms with Gasteiger partial charge >= 0.3 is 0 Å². The molecule has 0 spiro atoms. The molecule has 6 heterocycles. The number of aryl methyl sites for hydroxylation is 1. The van der Waals surface area contributed by atoms with Gasteiger partial charge in [0, 0.05) is 68.9 Å². The van der Waals surface area contributed by atoms with Gasteiger partial charge in [-0.1, -0.05) is 6.08 Å². The lowest BCUT2D eigenvalue weighted by atomic mass is 9.92. The third kappa shape index (κ3) is 5.29. The van der Waals surface area contributed by atoms with Crippen molar-refractivity contribution in [3.05, 3.63) is 84.7 Å². The minimum absolute atomic E-state index is 0.0526. The summed E-state index contributed by atoms with van der Waals surface area (Å²) in [6.45, 7) is 7.43. The van der Waals surface area contributed by atoms with Crippen molar-refractivity contribution in [1.82, 2.24) is 39.0 Å². The van der Waals surface area contributed by atoms with Crippen molar-refractivity contribution in [2.45, 2.75) is 12.8 Å². The van der Waals surface area contributed by atoms with E-state index in [0.29, 0.717) is 24.7 Å². The van der Waals surface area contributed by atoms with Gasteiger partial charge in [0.15, 0.2) is 11.5 Å². The van der Waals surface area contributed by atoms with Crippen LogP contribution in [0.3, 0.4) is 0 Å². The number of carbonyl (C=O) groups excluding carboxylic acids is 1. The maximum atomic E-state index is 12.7. The van der Waals surface area contributed by atoms with Crippen LogP contribution in [0.25, 0.3) is 11.2 Å². The number of nitrogens with one attached hydrogen (secondary N) is 1. The highest BCUT2D eigenvalue weighted by molar-refractivity contribution is 5.88. The van der Waals surface area contributed by atoms with E-state index in [4.69, 9.17) is 9.47 Å². The van der Waals surface area contributed by atoms with Gasteiger partial charge < -0.3 is 19.7 Å². The first-order valence-electron chi connectivity index (χ1n) is 14.0. The van der Waals surface area contributed by atoms with Crippen LogP contribution in [0.2, 0.25) is 0 Å². The summed E-state index contributed by atoms with van der Waals surface area (Å²) < 4.78 is 15.0. The molecule has 1 N–H and O–H groups in total.